The van der Waals surface area contributed by atoms with Crippen LogP contribution < -0.4 is 5.32 Å². The molecule has 5 atom stereocenters. The molecule has 2 bridgehead atoms. The van der Waals surface area contributed by atoms with Gasteiger partial charge in [0.1, 0.15) is 18.4 Å². The van der Waals surface area contributed by atoms with Gasteiger partial charge in [0.15, 0.2) is 19.9 Å². The Morgan fingerprint density at radius 3 is 2.56 bits per heavy atom. The van der Waals surface area contributed by atoms with Crippen molar-refractivity contribution >= 4 is 26.1 Å². The second-order valence-electron chi connectivity index (χ2n) is 16.3. The van der Waals surface area contributed by atoms with Gasteiger partial charge in [-0.3, -0.25) is 9.59 Å². The molecule has 4 rings (SSSR count). The second-order valence-corrected chi connectivity index (χ2v) is 21.1. The third-order valence-corrected chi connectivity index (χ3v) is 15.0. The lowest BCUT2D eigenvalue weighted by Gasteiger charge is -2.39. The van der Waals surface area contributed by atoms with E-state index in [-0.39, 0.29) is 46.9 Å². The van der Waals surface area contributed by atoms with Crippen molar-refractivity contribution in [1.82, 2.24) is 15.2 Å². The van der Waals surface area contributed by atoms with Crippen LogP contribution >= 0.6 is 0 Å². The molecule has 0 saturated carbocycles. The second kappa shape index (κ2) is 19.7. The summed E-state index contributed by atoms with van der Waals surface area (Å²) in [6, 6.07) is 9.09. The van der Waals surface area contributed by atoms with Crippen molar-refractivity contribution in [2.24, 2.45) is 11.8 Å². The molecule has 2 aliphatic rings. The minimum absolute atomic E-state index is 0.0475. The zero-order valence-corrected chi connectivity index (χ0v) is 34.4. The van der Waals surface area contributed by atoms with Gasteiger partial charge < -0.3 is 33.6 Å². The first-order valence-corrected chi connectivity index (χ1v) is 22.2. The average Bonchev–Trinajstić information content (AvgIpc) is 3.78. The highest BCUT2D eigenvalue weighted by Crippen LogP contribution is 2.38. The van der Waals surface area contributed by atoms with Crippen LogP contribution in [0.15, 0.2) is 77.0 Å². The molecular formula is C42H61N3O8Si. The van der Waals surface area contributed by atoms with E-state index in [1.165, 1.54) is 17.2 Å². The lowest BCUT2D eigenvalue weighted by Crippen LogP contribution is -2.44. The van der Waals surface area contributed by atoms with Gasteiger partial charge in [-0.15, -0.1) is 0 Å². The lowest BCUT2D eigenvalue weighted by atomic mass is 9.90. The van der Waals surface area contributed by atoms with Crippen LogP contribution in [0.4, 0.5) is 0 Å². The number of cyclic esters (lactones) is 1. The van der Waals surface area contributed by atoms with Crippen molar-refractivity contribution in [3.05, 3.63) is 89.7 Å². The molecule has 1 fully saturated rings. The molecule has 1 aromatic heterocycles. The average molecular weight is 764 g/mol. The number of amides is 2. The predicted molar refractivity (Wildman–Crippen MR) is 211 cm³/mol. The van der Waals surface area contributed by atoms with Gasteiger partial charge in [-0.1, -0.05) is 94.8 Å². The maximum Gasteiger partial charge on any atom is 0.329 e. The van der Waals surface area contributed by atoms with Crippen LogP contribution in [0.2, 0.25) is 18.1 Å². The first-order chi connectivity index (χ1) is 25.5. The fraction of sp³-hybridized carbons (Fsp3) is 0.571. The minimum atomic E-state index is -2.22. The number of nitrogens with zero attached hydrogens (tertiary/aromatic N) is 2. The van der Waals surface area contributed by atoms with E-state index in [4.69, 9.17) is 18.3 Å². The standard InChI is InChI=1S/C42H61N3O8Si/c1-29(2)39-32(20-23-50-27-31-15-10-9-11-16-31)18-19-37(47)43-21-12-14-30(3)24-34(53-54(7,8)42(4,5)6)25-33(46)26-38-44-35(28-51-38)40(48)45-22-13-17-36(45)41(49)52-39/h9-12,14-16,18-19,24,28-29,32-34,36,39,46H,13,17,20-23,25-27H2,1-8H3,(H,43,47)/b14-12?,19-18+,30-24?/t32-,33-,34?,36+,39?/m0/s1. The molecule has 3 heterocycles. The topological polar surface area (TPSA) is 140 Å². The molecule has 2 N–H and O–H groups in total. The van der Waals surface area contributed by atoms with E-state index in [2.05, 4.69) is 44.2 Å². The van der Waals surface area contributed by atoms with E-state index >= 15 is 0 Å². The molecule has 12 heteroatoms. The van der Waals surface area contributed by atoms with Crippen LogP contribution in [0.25, 0.3) is 0 Å². The summed E-state index contributed by atoms with van der Waals surface area (Å²) < 4.78 is 24.6. The maximum absolute atomic E-state index is 13.8. The normalized spacial score (nSPS) is 24.9. The fourth-order valence-electron chi connectivity index (χ4n) is 6.47. The van der Waals surface area contributed by atoms with Crippen molar-refractivity contribution in [2.75, 3.05) is 19.7 Å². The largest absolute Gasteiger partial charge is 0.460 e. The molecule has 1 saturated heterocycles. The van der Waals surface area contributed by atoms with Crippen LogP contribution in [0, 0.1) is 11.8 Å². The SMILES string of the molecule is CC1=CC(O[Si](C)(C)C(C)(C)C)C[C@H](O)Cc2nc(co2)C(=O)N2CCC[C@@H]2C(=O)OC(C(C)C)[C@H](CCOCc2ccccc2)/C=C/C(=O)NCC=C1. The highest BCUT2D eigenvalue weighted by atomic mass is 28.4. The number of aliphatic hydroxyl groups excluding tert-OH is 1. The molecule has 2 unspecified atom stereocenters. The number of rotatable bonds is 8. The number of carbonyl (C=O) groups excluding carboxylic acids is 3. The lowest BCUT2D eigenvalue weighted by molar-refractivity contribution is -0.158. The Balaban J connectivity index is 1.61. The third kappa shape index (κ3) is 12.6. The third-order valence-electron chi connectivity index (χ3n) is 10.5. The van der Waals surface area contributed by atoms with E-state index in [9.17, 15) is 19.5 Å². The summed E-state index contributed by atoms with van der Waals surface area (Å²) >= 11 is 0. The number of oxazole rings is 1. The Hall–Kier alpha value is -3.84. The highest BCUT2D eigenvalue weighted by molar-refractivity contribution is 6.74. The molecular weight excluding hydrogens is 703 g/mol. The quantitative estimate of drug-likeness (QED) is 0.166. The zero-order chi connectivity index (χ0) is 39.5. The smallest absolute Gasteiger partial charge is 0.329 e. The molecule has 0 aliphatic carbocycles. The maximum atomic E-state index is 13.8. The number of esters is 1. The molecule has 0 radical (unpaired) electrons. The first-order valence-electron chi connectivity index (χ1n) is 19.3. The molecule has 11 nitrogen and oxygen atoms in total. The van der Waals surface area contributed by atoms with Crippen molar-refractivity contribution in [2.45, 2.75) is 123 Å². The summed E-state index contributed by atoms with van der Waals surface area (Å²) in [5.41, 5.74) is 2.05. The van der Waals surface area contributed by atoms with E-state index in [1.807, 2.05) is 69.3 Å². The van der Waals surface area contributed by atoms with Gasteiger partial charge in [0, 0.05) is 32.0 Å². The molecule has 2 aromatic rings. The van der Waals surface area contributed by atoms with Crippen molar-refractivity contribution in [1.29, 1.82) is 0 Å². The number of hydrogen-bond donors (Lipinski definition) is 2. The van der Waals surface area contributed by atoms with E-state index < -0.39 is 38.4 Å². The molecule has 296 valence electrons. The van der Waals surface area contributed by atoms with Crippen LogP contribution in [0.3, 0.4) is 0 Å². The highest BCUT2D eigenvalue weighted by Gasteiger charge is 2.40. The van der Waals surface area contributed by atoms with Crippen LogP contribution in [-0.4, -0.2) is 85.1 Å². The number of aliphatic hydroxyl groups is 1. The molecule has 2 aliphatic heterocycles. The van der Waals surface area contributed by atoms with Crippen molar-refractivity contribution < 1.29 is 37.8 Å². The monoisotopic (exact) mass is 763 g/mol. The van der Waals surface area contributed by atoms with Gasteiger partial charge in [-0.2, -0.15) is 0 Å². The zero-order valence-electron chi connectivity index (χ0n) is 33.4. The van der Waals surface area contributed by atoms with Gasteiger partial charge >= 0.3 is 5.97 Å². The predicted octanol–water partition coefficient (Wildman–Crippen LogP) is 6.94. The Labute approximate surface area is 322 Å². The Kier molecular flexibility index (Phi) is 15.6. The first kappa shape index (κ1) is 42.9. The molecule has 54 heavy (non-hydrogen) atoms. The number of hydrogen-bond acceptors (Lipinski definition) is 9. The van der Waals surface area contributed by atoms with Crippen LogP contribution in [0.1, 0.15) is 89.2 Å². The Bertz CT molecular complexity index is 1630. The van der Waals surface area contributed by atoms with Crippen molar-refractivity contribution in [3.63, 3.8) is 0 Å². The summed E-state index contributed by atoms with van der Waals surface area (Å²) in [6.07, 6.45) is 10.5. The number of benzene rings is 1. The number of aromatic nitrogens is 1. The molecule has 2 amide bonds. The Morgan fingerprint density at radius 2 is 1.85 bits per heavy atom. The Morgan fingerprint density at radius 1 is 1.11 bits per heavy atom. The van der Waals surface area contributed by atoms with Crippen LogP contribution in [-0.2, 0) is 36.5 Å². The summed E-state index contributed by atoms with van der Waals surface area (Å²) in [4.78, 5) is 46.5. The van der Waals surface area contributed by atoms with E-state index in [0.717, 1.165) is 11.1 Å². The minimum Gasteiger partial charge on any atom is -0.460 e. The van der Waals surface area contributed by atoms with Gasteiger partial charge in [-0.25, -0.2) is 9.78 Å². The van der Waals surface area contributed by atoms with E-state index in [1.54, 1.807) is 6.08 Å². The van der Waals surface area contributed by atoms with Gasteiger partial charge in [-0.05, 0) is 61.9 Å². The summed E-state index contributed by atoms with van der Waals surface area (Å²) in [7, 11) is -2.22. The number of fused-ring (bicyclic) bond motifs is 3. The van der Waals surface area contributed by atoms with Gasteiger partial charge in [0.2, 0.25) is 5.91 Å². The number of ether oxygens (including phenoxy) is 2. The van der Waals surface area contributed by atoms with Crippen LogP contribution in [0.5, 0.6) is 0 Å². The summed E-state index contributed by atoms with van der Waals surface area (Å²) in [5.74, 6) is -1.38. The van der Waals surface area contributed by atoms with Gasteiger partial charge in [0.05, 0.1) is 25.2 Å². The van der Waals surface area contributed by atoms with Gasteiger partial charge in [0.25, 0.3) is 5.91 Å². The molecule has 1 aromatic carbocycles. The number of allylic oxidation sites excluding steroid dienone is 2. The number of nitrogens with one attached hydrogen (secondary N) is 1. The fourth-order valence-corrected chi connectivity index (χ4v) is 7.75. The summed E-state index contributed by atoms with van der Waals surface area (Å²) in [6.45, 7) is 18.3. The van der Waals surface area contributed by atoms with Crippen molar-refractivity contribution in [3.8, 4) is 0 Å². The molecule has 0 spiro atoms. The number of carbonyl (C=O) groups is 3. The van der Waals surface area contributed by atoms with E-state index in [0.29, 0.717) is 52.0 Å². The summed E-state index contributed by atoms with van der Waals surface area (Å²) in [5, 5.41) is 14.1.